The number of aryl methyl sites for hydroxylation is 1. The normalized spacial score (nSPS) is 18.9. The SMILES string of the molecule is COc1ccc(CNC(=O)[C@]2(C)CCCN(C(=O)Cc3ccc(C)cc3)C2)cc1. The van der Waals surface area contributed by atoms with Crippen molar-refractivity contribution in [2.24, 2.45) is 5.41 Å². The summed E-state index contributed by atoms with van der Waals surface area (Å²) in [6.07, 6.45) is 2.01. The van der Waals surface area contributed by atoms with E-state index >= 15 is 0 Å². The van der Waals surface area contributed by atoms with Crippen LogP contribution in [0.3, 0.4) is 0 Å². The lowest BCUT2D eigenvalue weighted by Gasteiger charge is -2.39. The van der Waals surface area contributed by atoms with E-state index in [1.54, 1.807) is 7.11 Å². The van der Waals surface area contributed by atoms with Gasteiger partial charge in [-0.25, -0.2) is 0 Å². The minimum atomic E-state index is -0.562. The van der Waals surface area contributed by atoms with Crippen LogP contribution in [0.1, 0.15) is 36.5 Å². The Morgan fingerprint density at radius 2 is 1.72 bits per heavy atom. The molecule has 0 aromatic heterocycles. The predicted octanol–water partition coefficient (Wildman–Crippen LogP) is 3.49. The lowest BCUT2D eigenvalue weighted by molar-refractivity contribution is -0.140. The molecule has 1 saturated heterocycles. The molecule has 3 rings (SSSR count). The van der Waals surface area contributed by atoms with Crippen molar-refractivity contribution in [1.82, 2.24) is 10.2 Å². The van der Waals surface area contributed by atoms with Crippen LogP contribution >= 0.6 is 0 Å². The number of rotatable bonds is 6. The fourth-order valence-corrected chi connectivity index (χ4v) is 3.77. The van der Waals surface area contributed by atoms with Crippen molar-refractivity contribution in [2.75, 3.05) is 20.2 Å². The van der Waals surface area contributed by atoms with E-state index in [9.17, 15) is 9.59 Å². The topological polar surface area (TPSA) is 58.6 Å². The van der Waals surface area contributed by atoms with E-state index in [-0.39, 0.29) is 11.8 Å². The highest BCUT2D eigenvalue weighted by Crippen LogP contribution is 2.30. The average molecular weight is 395 g/mol. The number of hydrogen-bond acceptors (Lipinski definition) is 3. The Kier molecular flexibility index (Phi) is 6.57. The van der Waals surface area contributed by atoms with Crippen LogP contribution in [0.25, 0.3) is 0 Å². The van der Waals surface area contributed by atoms with Crippen molar-refractivity contribution in [2.45, 2.75) is 39.7 Å². The van der Waals surface area contributed by atoms with Crippen molar-refractivity contribution in [3.63, 3.8) is 0 Å². The molecule has 1 aliphatic rings. The number of nitrogens with one attached hydrogen (secondary N) is 1. The second kappa shape index (κ2) is 9.12. The van der Waals surface area contributed by atoms with Crippen LogP contribution in [-0.4, -0.2) is 36.9 Å². The van der Waals surface area contributed by atoms with E-state index in [0.717, 1.165) is 29.7 Å². The van der Waals surface area contributed by atoms with Crippen LogP contribution in [0.15, 0.2) is 48.5 Å². The van der Waals surface area contributed by atoms with E-state index in [1.807, 2.05) is 67.3 Å². The Balaban J connectivity index is 1.57. The van der Waals surface area contributed by atoms with Gasteiger partial charge in [-0.3, -0.25) is 9.59 Å². The molecule has 154 valence electrons. The Hall–Kier alpha value is -2.82. The first-order valence-electron chi connectivity index (χ1n) is 10.1. The molecule has 1 fully saturated rings. The van der Waals surface area contributed by atoms with Crippen LogP contribution < -0.4 is 10.1 Å². The summed E-state index contributed by atoms with van der Waals surface area (Å²) in [6.45, 7) is 5.64. The quantitative estimate of drug-likeness (QED) is 0.816. The number of methoxy groups -OCH3 is 1. The molecule has 0 unspecified atom stereocenters. The highest BCUT2D eigenvalue weighted by atomic mass is 16.5. The lowest BCUT2D eigenvalue weighted by atomic mass is 9.80. The molecule has 0 saturated carbocycles. The van der Waals surface area contributed by atoms with Gasteiger partial charge in [0.15, 0.2) is 0 Å². The zero-order chi connectivity index (χ0) is 20.9. The number of nitrogens with zero attached hydrogens (tertiary/aromatic N) is 1. The maximum atomic E-state index is 12.9. The molecule has 2 aromatic carbocycles. The number of hydrogen-bond donors (Lipinski definition) is 1. The zero-order valence-electron chi connectivity index (χ0n) is 17.5. The minimum absolute atomic E-state index is 0.00107. The molecule has 0 aliphatic carbocycles. The van der Waals surface area contributed by atoms with Crippen molar-refractivity contribution in [3.8, 4) is 5.75 Å². The number of piperidine rings is 1. The molecule has 2 amide bonds. The largest absolute Gasteiger partial charge is 0.497 e. The summed E-state index contributed by atoms with van der Waals surface area (Å²) in [6, 6.07) is 15.7. The monoisotopic (exact) mass is 394 g/mol. The van der Waals surface area contributed by atoms with Gasteiger partial charge < -0.3 is 15.0 Å². The fraction of sp³-hybridized carbons (Fsp3) is 0.417. The minimum Gasteiger partial charge on any atom is -0.497 e. The smallest absolute Gasteiger partial charge is 0.227 e. The molecule has 1 N–H and O–H groups in total. The van der Waals surface area contributed by atoms with E-state index < -0.39 is 5.41 Å². The first-order chi connectivity index (χ1) is 13.9. The van der Waals surface area contributed by atoms with Gasteiger partial charge in [0, 0.05) is 19.6 Å². The van der Waals surface area contributed by atoms with Gasteiger partial charge in [0.05, 0.1) is 18.9 Å². The fourth-order valence-electron chi connectivity index (χ4n) is 3.77. The van der Waals surface area contributed by atoms with Gasteiger partial charge in [-0.15, -0.1) is 0 Å². The van der Waals surface area contributed by atoms with Crippen LogP contribution in [0.5, 0.6) is 5.75 Å². The maximum Gasteiger partial charge on any atom is 0.227 e. The molecular formula is C24H30N2O3. The van der Waals surface area contributed by atoms with Crippen molar-refractivity contribution in [3.05, 3.63) is 65.2 Å². The molecule has 29 heavy (non-hydrogen) atoms. The number of carbonyl (C=O) groups is 2. The standard InChI is InChI=1S/C24H30N2O3/c1-18-5-7-19(8-6-18)15-22(27)26-14-4-13-24(2,17-26)23(28)25-16-20-9-11-21(29-3)12-10-20/h5-12H,4,13-17H2,1-3H3,(H,25,28)/t24-/m1/s1. The number of likely N-dealkylation sites (tertiary alicyclic amines) is 1. The number of benzene rings is 2. The van der Waals surface area contributed by atoms with Crippen LogP contribution in [0.4, 0.5) is 0 Å². The Morgan fingerprint density at radius 1 is 1.07 bits per heavy atom. The van der Waals surface area contributed by atoms with Gasteiger partial charge in [0.25, 0.3) is 0 Å². The predicted molar refractivity (Wildman–Crippen MR) is 114 cm³/mol. The summed E-state index contributed by atoms with van der Waals surface area (Å²) >= 11 is 0. The van der Waals surface area contributed by atoms with Crippen LogP contribution in [0.2, 0.25) is 0 Å². The van der Waals surface area contributed by atoms with E-state index in [0.29, 0.717) is 26.1 Å². The third-order valence-electron chi connectivity index (χ3n) is 5.69. The Morgan fingerprint density at radius 3 is 2.38 bits per heavy atom. The number of amides is 2. The molecular weight excluding hydrogens is 364 g/mol. The molecule has 0 radical (unpaired) electrons. The van der Waals surface area contributed by atoms with E-state index in [1.165, 1.54) is 5.56 Å². The van der Waals surface area contributed by atoms with Gasteiger partial charge in [-0.05, 0) is 49.9 Å². The van der Waals surface area contributed by atoms with Crippen LogP contribution in [-0.2, 0) is 22.6 Å². The van der Waals surface area contributed by atoms with Crippen molar-refractivity contribution in [1.29, 1.82) is 0 Å². The molecule has 1 heterocycles. The van der Waals surface area contributed by atoms with Gasteiger partial charge in [0.2, 0.25) is 11.8 Å². The molecule has 1 atom stereocenters. The second-order valence-electron chi connectivity index (χ2n) is 8.17. The summed E-state index contributed by atoms with van der Waals surface area (Å²) < 4.78 is 5.16. The maximum absolute atomic E-state index is 12.9. The molecule has 0 spiro atoms. The van der Waals surface area contributed by atoms with Crippen LogP contribution in [0, 0.1) is 12.3 Å². The van der Waals surface area contributed by atoms with Gasteiger partial charge in [0.1, 0.15) is 5.75 Å². The van der Waals surface area contributed by atoms with E-state index in [4.69, 9.17) is 4.74 Å². The van der Waals surface area contributed by atoms with Crippen molar-refractivity contribution >= 4 is 11.8 Å². The molecule has 0 bridgehead atoms. The third-order valence-corrected chi connectivity index (χ3v) is 5.69. The summed E-state index contributed by atoms with van der Waals surface area (Å²) in [7, 11) is 1.63. The zero-order valence-corrected chi connectivity index (χ0v) is 17.5. The summed E-state index contributed by atoms with van der Waals surface area (Å²) in [5, 5.41) is 3.04. The molecule has 5 heteroatoms. The number of carbonyl (C=O) groups excluding carboxylic acids is 2. The first kappa shape index (κ1) is 20.9. The summed E-state index contributed by atoms with van der Waals surface area (Å²) in [4.78, 5) is 27.5. The van der Waals surface area contributed by atoms with Gasteiger partial charge in [-0.2, -0.15) is 0 Å². The third kappa shape index (κ3) is 5.37. The second-order valence-corrected chi connectivity index (χ2v) is 8.17. The number of ether oxygens (including phenoxy) is 1. The molecule has 1 aliphatic heterocycles. The van der Waals surface area contributed by atoms with Gasteiger partial charge >= 0.3 is 0 Å². The summed E-state index contributed by atoms with van der Waals surface area (Å²) in [5.41, 5.74) is 2.65. The highest BCUT2D eigenvalue weighted by molar-refractivity contribution is 5.84. The molecule has 5 nitrogen and oxygen atoms in total. The highest BCUT2D eigenvalue weighted by Gasteiger charge is 2.39. The lowest BCUT2D eigenvalue weighted by Crippen LogP contribution is -2.52. The van der Waals surface area contributed by atoms with Crippen molar-refractivity contribution < 1.29 is 14.3 Å². The average Bonchev–Trinajstić information content (AvgIpc) is 2.74. The van der Waals surface area contributed by atoms with E-state index in [2.05, 4.69) is 5.32 Å². The Bertz CT molecular complexity index is 845. The summed E-state index contributed by atoms with van der Waals surface area (Å²) in [5.74, 6) is 0.880. The van der Waals surface area contributed by atoms with Gasteiger partial charge in [-0.1, -0.05) is 42.0 Å². The Labute approximate surface area is 173 Å². The first-order valence-corrected chi connectivity index (χ1v) is 10.1. The molecule has 2 aromatic rings.